The summed E-state index contributed by atoms with van der Waals surface area (Å²) in [6, 6.07) is 20.6. The molecule has 1 atom stereocenters. The molecule has 23 heavy (non-hydrogen) atoms. The minimum atomic E-state index is -0.512. The highest BCUT2D eigenvalue weighted by molar-refractivity contribution is 5.17. The predicted octanol–water partition coefficient (Wildman–Crippen LogP) is 3.25. The average Bonchev–Trinajstić information content (AvgIpc) is 2.57. The third-order valence-corrected chi connectivity index (χ3v) is 3.51. The van der Waals surface area contributed by atoms with Gasteiger partial charge in [0, 0.05) is 19.6 Å². The number of nitrogens with zero attached hydrogens (tertiary/aromatic N) is 1. The van der Waals surface area contributed by atoms with Crippen molar-refractivity contribution >= 4 is 0 Å². The maximum atomic E-state index is 10.2. The Bertz CT molecular complexity index is 515. The molecule has 0 bridgehead atoms. The first-order valence-corrected chi connectivity index (χ1v) is 7.95. The lowest BCUT2D eigenvalue weighted by atomic mass is 10.1. The Hall–Kier alpha value is -1.94. The van der Waals surface area contributed by atoms with E-state index in [0.717, 1.165) is 13.1 Å². The molecule has 2 aromatic carbocycles. The number of benzene rings is 2. The predicted molar refractivity (Wildman–Crippen MR) is 94.0 cm³/mol. The quantitative estimate of drug-likeness (QED) is 0.540. The molecule has 0 amide bonds. The van der Waals surface area contributed by atoms with Crippen LogP contribution >= 0.6 is 0 Å². The van der Waals surface area contributed by atoms with Gasteiger partial charge >= 0.3 is 0 Å². The molecule has 0 heterocycles. The van der Waals surface area contributed by atoms with Gasteiger partial charge in [-0.25, -0.2) is 0 Å². The van der Waals surface area contributed by atoms with Gasteiger partial charge in [-0.1, -0.05) is 66.7 Å². The molecule has 1 N–H and O–H groups in total. The molecule has 2 aromatic rings. The smallest absolute Gasteiger partial charge is 0.0900 e. The summed E-state index contributed by atoms with van der Waals surface area (Å²) in [4.78, 5) is 2.24. The minimum Gasteiger partial charge on any atom is -0.389 e. The van der Waals surface area contributed by atoms with Crippen molar-refractivity contribution in [1.29, 1.82) is 0 Å². The third kappa shape index (κ3) is 6.78. The molecule has 0 aliphatic carbocycles. The molecule has 0 aliphatic heterocycles. The molecule has 0 saturated heterocycles. The lowest BCUT2D eigenvalue weighted by molar-refractivity contribution is 0.0228. The Morgan fingerprint density at radius 1 is 0.957 bits per heavy atom. The summed E-state index contributed by atoms with van der Waals surface area (Å²) < 4.78 is 5.35. The van der Waals surface area contributed by atoms with Gasteiger partial charge in [0.2, 0.25) is 0 Å². The van der Waals surface area contributed by atoms with E-state index in [-0.39, 0.29) is 0 Å². The first-order valence-electron chi connectivity index (χ1n) is 7.95. The standard InChI is InChI=1S/C20H25NO2/c1-2-13-23-17-20(22)16-21(14-18-9-5-3-6-10-18)15-19-11-7-4-8-12-19/h2-12,20,22H,1,13-17H2/t20-/m0/s1. The molecule has 2 rings (SSSR count). The molecular formula is C20H25NO2. The summed E-state index contributed by atoms with van der Waals surface area (Å²) in [7, 11) is 0. The molecule has 0 spiro atoms. The van der Waals surface area contributed by atoms with Crippen molar-refractivity contribution in [2.24, 2.45) is 0 Å². The highest BCUT2D eigenvalue weighted by atomic mass is 16.5. The molecule has 3 nitrogen and oxygen atoms in total. The Morgan fingerprint density at radius 3 is 1.96 bits per heavy atom. The Kier molecular flexibility index (Phi) is 7.54. The number of aliphatic hydroxyl groups is 1. The van der Waals surface area contributed by atoms with Crippen molar-refractivity contribution < 1.29 is 9.84 Å². The van der Waals surface area contributed by atoms with Crippen molar-refractivity contribution in [1.82, 2.24) is 4.90 Å². The molecule has 122 valence electrons. The lowest BCUT2D eigenvalue weighted by Gasteiger charge is -2.25. The maximum absolute atomic E-state index is 10.2. The molecule has 0 aromatic heterocycles. The van der Waals surface area contributed by atoms with Gasteiger partial charge in [-0.3, -0.25) is 4.90 Å². The Morgan fingerprint density at radius 2 is 1.48 bits per heavy atom. The van der Waals surface area contributed by atoms with Crippen LogP contribution in [0, 0.1) is 0 Å². The zero-order valence-electron chi connectivity index (χ0n) is 13.5. The van der Waals surface area contributed by atoms with E-state index in [1.54, 1.807) is 6.08 Å². The first-order chi connectivity index (χ1) is 11.3. The fourth-order valence-corrected chi connectivity index (χ4v) is 2.51. The van der Waals surface area contributed by atoms with Crippen molar-refractivity contribution in [3.63, 3.8) is 0 Å². The SMILES string of the molecule is C=CCOC[C@@H](O)CN(Cc1ccccc1)Cc1ccccc1. The third-order valence-electron chi connectivity index (χ3n) is 3.51. The number of hydrogen-bond acceptors (Lipinski definition) is 3. The van der Waals surface area contributed by atoms with E-state index in [2.05, 4.69) is 35.7 Å². The van der Waals surface area contributed by atoms with Gasteiger partial charge in [0.15, 0.2) is 0 Å². The van der Waals surface area contributed by atoms with Crippen molar-refractivity contribution in [2.75, 3.05) is 19.8 Å². The molecule has 0 aliphatic rings. The summed E-state index contributed by atoms with van der Waals surface area (Å²) in [5.74, 6) is 0. The van der Waals surface area contributed by atoms with Crippen LogP contribution in [0.4, 0.5) is 0 Å². The normalized spacial score (nSPS) is 12.3. The van der Waals surface area contributed by atoms with Gasteiger partial charge in [-0.15, -0.1) is 6.58 Å². The molecule has 0 saturated carbocycles. The van der Waals surface area contributed by atoms with Gasteiger partial charge in [0.05, 0.1) is 19.3 Å². The van der Waals surface area contributed by atoms with E-state index in [1.165, 1.54) is 11.1 Å². The molecule has 0 unspecified atom stereocenters. The Labute approximate surface area is 138 Å². The fraction of sp³-hybridized carbons (Fsp3) is 0.300. The van der Waals surface area contributed by atoms with E-state index in [1.807, 2.05) is 36.4 Å². The van der Waals surface area contributed by atoms with E-state index in [9.17, 15) is 5.11 Å². The van der Waals surface area contributed by atoms with Crippen LogP contribution in [-0.2, 0) is 17.8 Å². The largest absolute Gasteiger partial charge is 0.389 e. The zero-order chi connectivity index (χ0) is 16.3. The molecule has 0 radical (unpaired) electrons. The second kappa shape index (κ2) is 9.95. The van der Waals surface area contributed by atoms with Gasteiger partial charge in [0.1, 0.15) is 0 Å². The van der Waals surface area contributed by atoms with E-state index in [4.69, 9.17) is 4.74 Å². The van der Waals surface area contributed by atoms with Crippen LogP contribution in [-0.4, -0.2) is 35.9 Å². The van der Waals surface area contributed by atoms with Gasteiger partial charge in [0.25, 0.3) is 0 Å². The van der Waals surface area contributed by atoms with Crippen LogP contribution < -0.4 is 0 Å². The minimum absolute atomic E-state index is 0.325. The second-order valence-electron chi connectivity index (χ2n) is 5.62. The van der Waals surface area contributed by atoms with E-state index >= 15 is 0 Å². The van der Waals surface area contributed by atoms with Crippen molar-refractivity contribution in [3.8, 4) is 0 Å². The van der Waals surface area contributed by atoms with Crippen LogP contribution in [0.3, 0.4) is 0 Å². The van der Waals surface area contributed by atoms with Gasteiger partial charge in [-0.2, -0.15) is 0 Å². The van der Waals surface area contributed by atoms with Crippen LogP contribution in [0.2, 0.25) is 0 Å². The van der Waals surface area contributed by atoms with Crippen molar-refractivity contribution in [2.45, 2.75) is 19.2 Å². The highest BCUT2D eigenvalue weighted by Crippen LogP contribution is 2.11. The summed E-state index contributed by atoms with van der Waals surface area (Å²) >= 11 is 0. The van der Waals surface area contributed by atoms with Crippen LogP contribution in [0.25, 0.3) is 0 Å². The van der Waals surface area contributed by atoms with Crippen LogP contribution in [0.5, 0.6) is 0 Å². The monoisotopic (exact) mass is 311 g/mol. The summed E-state index contributed by atoms with van der Waals surface area (Å²) in [6.07, 6.45) is 1.18. The number of aliphatic hydroxyl groups excluding tert-OH is 1. The lowest BCUT2D eigenvalue weighted by Crippen LogP contribution is -2.34. The second-order valence-corrected chi connectivity index (χ2v) is 5.62. The number of rotatable bonds is 10. The maximum Gasteiger partial charge on any atom is 0.0900 e. The fourth-order valence-electron chi connectivity index (χ4n) is 2.51. The summed E-state index contributed by atoms with van der Waals surface area (Å²) in [5.41, 5.74) is 2.48. The Balaban J connectivity index is 1.97. The van der Waals surface area contributed by atoms with E-state index in [0.29, 0.717) is 19.8 Å². The summed E-state index contributed by atoms with van der Waals surface area (Å²) in [5, 5.41) is 10.2. The zero-order valence-corrected chi connectivity index (χ0v) is 13.5. The summed E-state index contributed by atoms with van der Waals surface area (Å²) in [6.45, 7) is 6.58. The van der Waals surface area contributed by atoms with Crippen LogP contribution in [0.15, 0.2) is 73.3 Å². The molecular weight excluding hydrogens is 286 g/mol. The average molecular weight is 311 g/mol. The van der Waals surface area contributed by atoms with Gasteiger partial charge < -0.3 is 9.84 Å². The van der Waals surface area contributed by atoms with Crippen molar-refractivity contribution in [3.05, 3.63) is 84.4 Å². The first kappa shape index (κ1) is 17.4. The van der Waals surface area contributed by atoms with Gasteiger partial charge in [-0.05, 0) is 11.1 Å². The van der Waals surface area contributed by atoms with Crippen LogP contribution in [0.1, 0.15) is 11.1 Å². The highest BCUT2D eigenvalue weighted by Gasteiger charge is 2.13. The molecule has 3 heteroatoms. The number of ether oxygens (including phenoxy) is 1. The number of hydrogen-bond donors (Lipinski definition) is 1. The molecule has 0 fully saturated rings. The topological polar surface area (TPSA) is 32.7 Å². The van der Waals surface area contributed by atoms with E-state index < -0.39 is 6.10 Å².